The van der Waals surface area contributed by atoms with Crippen molar-refractivity contribution in [2.75, 3.05) is 0 Å². The normalized spacial score (nSPS) is 10.3. The third-order valence-corrected chi connectivity index (χ3v) is 2.44. The summed E-state index contributed by atoms with van der Waals surface area (Å²) in [6.07, 6.45) is 2.51. The molecule has 0 aliphatic rings. The van der Waals surface area contributed by atoms with E-state index in [1.54, 1.807) is 12.1 Å². The SMILES string of the molecule is Fc1cncc(-c2cc(Br)ccc2F)c1. The van der Waals surface area contributed by atoms with Crippen LogP contribution in [0.25, 0.3) is 11.1 Å². The zero-order valence-electron chi connectivity index (χ0n) is 7.55. The first kappa shape index (κ1) is 10.2. The molecule has 1 aromatic heterocycles. The number of aromatic nitrogens is 1. The molecule has 0 aliphatic carbocycles. The molecule has 0 amide bonds. The quantitative estimate of drug-likeness (QED) is 0.768. The molecule has 15 heavy (non-hydrogen) atoms. The van der Waals surface area contributed by atoms with E-state index < -0.39 is 11.6 Å². The fraction of sp³-hybridized carbons (Fsp3) is 0. The lowest BCUT2D eigenvalue weighted by atomic mass is 10.1. The average molecular weight is 270 g/mol. The van der Waals surface area contributed by atoms with Gasteiger partial charge in [-0.3, -0.25) is 4.98 Å². The van der Waals surface area contributed by atoms with Crippen molar-refractivity contribution in [3.8, 4) is 11.1 Å². The van der Waals surface area contributed by atoms with Gasteiger partial charge < -0.3 is 0 Å². The summed E-state index contributed by atoms with van der Waals surface area (Å²) in [5.74, 6) is -0.877. The minimum atomic E-state index is -0.480. The summed E-state index contributed by atoms with van der Waals surface area (Å²) >= 11 is 3.23. The minimum absolute atomic E-state index is 0.330. The van der Waals surface area contributed by atoms with Crippen LogP contribution in [0.2, 0.25) is 0 Å². The summed E-state index contributed by atoms with van der Waals surface area (Å²) in [6, 6.07) is 5.75. The van der Waals surface area contributed by atoms with Crippen LogP contribution in [0.5, 0.6) is 0 Å². The number of nitrogens with zero attached hydrogens (tertiary/aromatic N) is 1. The summed E-state index contributed by atoms with van der Waals surface area (Å²) < 4.78 is 27.0. The number of hydrogen-bond donors (Lipinski definition) is 0. The molecule has 0 aliphatic heterocycles. The van der Waals surface area contributed by atoms with Crippen LogP contribution in [0.4, 0.5) is 8.78 Å². The molecular weight excluding hydrogens is 264 g/mol. The van der Waals surface area contributed by atoms with Gasteiger partial charge in [-0.15, -0.1) is 0 Å². The highest BCUT2D eigenvalue weighted by Crippen LogP contribution is 2.25. The van der Waals surface area contributed by atoms with Gasteiger partial charge in [0.05, 0.1) is 6.20 Å². The molecule has 0 fully saturated rings. The Balaban J connectivity index is 2.58. The number of rotatable bonds is 1. The van der Waals surface area contributed by atoms with Crippen molar-refractivity contribution in [1.29, 1.82) is 0 Å². The first-order chi connectivity index (χ1) is 7.16. The van der Waals surface area contributed by atoms with E-state index in [2.05, 4.69) is 20.9 Å². The smallest absolute Gasteiger partial charge is 0.142 e. The number of halogens is 3. The van der Waals surface area contributed by atoms with Crippen LogP contribution in [0, 0.1) is 11.6 Å². The zero-order chi connectivity index (χ0) is 10.8. The summed E-state index contributed by atoms with van der Waals surface area (Å²) in [5.41, 5.74) is 0.755. The highest BCUT2D eigenvalue weighted by Gasteiger charge is 2.06. The predicted molar refractivity (Wildman–Crippen MR) is 57.3 cm³/mol. The molecule has 0 atom stereocenters. The van der Waals surface area contributed by atoms with Gasteiger partial charge in [-0.05, 0) is 24.3 Å². The summed E-state index contributed by atoms with van der Waals surface area (Å²) in [6.45, 7) is 0. The topological polar surface area (TPSA) is 12.9 Å². The second kappa shape index (κ2) is 4.06. The summed E-state index contributed by atoms with van der Waals surface area (Å²) in [5, 5.41) is 0. The van der Waals surface area contributed by atoms with E-state index in [4.69, 9.17) is 0 Å². The molecular formula is C11H6BrF2N. The molecule has 1 heterocycles. The number of pyridine rings is 1. The Labute approximate surface area is 93.9 Å². The Morgan fingerprint density at radius 2 is 1.87 bits per heavy atom. The van der Waals surface area contributed by atoms with E-state index in [1.807, 2.05) is 0 Å². The van der Waals surface area contributed by atoms with Crippen molar-refractivity contribution < 1.29 is 8.78 Å². The van der Waals surface area contributed by atoms with Crippen molar-refractivity contribution in [2.24, 2.45) is 0 Å². The van der Waals surface area contributed by atoms with Crippen LogP contribution in [0.3, 0.4) is 0 Å². The molecule has 0 saturated heterocycles. The van der Waals surface area contributed by atoms with E-state index >= 15 is 0 Å². The van der Waals surface area contributed by atoms with Crippen LogP contribution in [-0.4, -0.2) is 4.98 Å². The molecule has 0 unspecified atom stereocenters. The third kappa shape index (κ3) is 2.21. The van der Waals surface area contributed by atoms with Gasteiger partial charge in [0.15, 0.2) is 0 Å². The van der Waals surface area contributed by atoms with Crippen molar-refractivity contribution in [2.45, 2.75) is 0 Å². The standard InChI is InChI=1S/C11H6BrF2N/c12-8-1-2-11(14)10(4-8)7-3-9(13)6-15-5-7/h1-6H. The van der Waals surface area contributed by atoms with Crippen molar-refractivity contribution in [1.82, 2.24) is 4.98 Å². The van der Waals surface area contributed by atoms with Crippen LogP contribution < -0.4 is 0 Å². The largest absolute Gasteiger partial charge is 0.261 e. The fourth-order valence-corrected chi connectivity index (χ4v) is 1.64. The molecule has 0 radical (unpaired) electrons. The maximum Gasteiger partial charge on any atom is 0.142 e. The fourth-order valence-electron chi connectivity index (χ4n) is 1.28. The maximum absolute atomic E-state index is 13.4. The second-order valence-corrected chi connectivity index (χ2v) is 3.93. The summed E-state index contributed by atoms with van der Waals surface area (Å²) in [7, 11) is 0. The Kier molecular flexibility index (Phi) is 2.77. The molecule has 0 spiro atoms. The van der Waals surface area contributed by atoms with E-state index in [1.165, 1.54) is 18.3 Å². The Bertz CT molecular complexity index is 500. The molecule has 2 rings (SSSR count). The van der Waals surface area contributed by atoms with Crippen molar-refractivity contribution in [3.05, 3.63) is 52.8 Å². The van der Waals surface area contributed by atoms with Gasteiger partial charge in [0.25, 0.3) is 0 Å². The van der Waals surface area contributed by atoms with Gasteiger partial charge in [0.2, 0.25) is 0 Å². The first-order valence-corrected chi connectivity index (χ1v) is 5.02. The Hall–Kier alpha value is -1.29. The molecule has 4 heteroatoms. The van der Waals surface area contributed by atoms with Gasteiger partial charge >= 0.3 is 0 Å². The van der Waals surface area contributed by atoms with Crippen LogP contribution in [-0.2, 0) is 0 Å². The lowest BCUT2D eigenvalue weighted by molar-refractivity contribution is 0.619. The molecule has 0 saturated carbocycles. The minimum Gasteiger partial charge on any atom is -0.261 e. The van der Waals surface area contributed by atoms with Gasteiger partial charge in [0.1, 0.15) is 11.6 Å². The predicted octanol–water partition coefficient (Wildman–Crippen LogP) is 3.79. The monoisotopic (exact) mass is 269 g/mol. The van der Waals surface area contributed by atoms with Gasteiger partial charge in [-0.1, -0.05) is 15.9 Å². The van der Waals surface area contributed by atoms with Crippen LogP contribution >= 0.6 is 15.9 Å². The molecule has 0 bridgehead atoms. The Morgan fingerprint density at radius 3 is 2.60 bits per heavy atom. The van der Waals surface area contributed by atoms with Gasteiger partial charge in [0, 0.05) is 21.8 Å². The molecule has 2 aromatic rings. The summed E-state index contributed by atoms with van der Waals surface area (Å²) in [4.78, 5) is 3.67. The molecule has 0 N–H and O–H groups in total. The van der Waals surface area contributed by atoms with Crippen LogP contribution in [0.15, 0.2) is 41.1 Å². The van der Waals surface area contributed by atoms with Crippen molar-refractivity contribution in [3.63, 3.8) is 0 Å². The zero-order valence-corrected chi connectivity index (χ0v) is 9.13. The number of benzene rings is 1. The van der Waals surface area contributed by atoms with Gasteiger partial charge in [-0.25, -0.2) is 8.78 Å². The van der Waals surface area contributed by atoms with E-state index in [0.29, 0.717) is 11.1 Å². The number of hydrogen-bond acceptors (Lipinski definition) is 1. The molecule has 1 aromatic carbocycles. The second-order valence-electron chi connectivity index (χ2n) is 3.02. The Morgan fingerprint density at radius 1 is 1.07 bits per heavy atom. The lowest BCUT2D eigenvalue weighted by Gasteiger charge is -2.03. The highest BCUT2D eigenvalue weighted by atomic mass is 79.9. The molecule has 76 valence electrons. The van der Waals surface area contributed by atoms with E-state index in [0.717, 1.165) is 10.7 Å². The first-order valence-electron chi connectivity index (χ1n) is 4.23. The average Bonchev–Trinajstić information content (AvgIpc) is 2.22. The molecule has 1 nitrogen and oxygen atoms in total. The third-order valence-electron chi connectivity index (χ3n) is 1.94. The van der Waals surface area contributed by atoms with Gasteiger partial charge in [-0.2, -0.15) is 0 Å². The van der Waals surface area contributed by atoms with Crippen LogP contribution in [0.1, 0.15) is 0 Å². The van der Waals surface area contributed by atoms with Crippen molar-refractivity contribution >= 4 is 15.9 Å². The van der Waals surface area contributed by atoms with E-state index in [-0.39, 0.29) is 0 Å². The van der Waals surface area contributed by atoms with E-state index in [9.17, 15) is 8.78 Å². The lowest BCUT2D eigenvalue weighted by Crippen LogP contribution is -1.87. The maximum atomic E-state index is 13.4. The highest BCUT2D eigenvalue weighted by molar-refractivity contribution is 9.10.